The molecule has 2 aromatic heterocycles. The molecule has 0 spiro atoms. The van der Waals surface area contributed by atoms with Gasteiger partial charge in [-0.1, -0.05) is 18.5 Å². The van der Waals surface area contributed by atoms with Gasteiger partial charge in [0.05, 0.1) is 11.9 Å². The van der Waals surface area contributed by atoms with Crippen molar-refractivity contribution in [1.82, 2.24) is 9.55 Å². The largest absolute Gasteiger partial charge is 0.288 e. The summed E-state index contributed by atoms with van der Waals surface area (Å²) in [4.78, 5) is 5.76. The molecule has 0 unspecified atom stereocenters. The number of nitrogens with zero attached hydrogens (tertiary/aromatic N) is 2. The number of pyridine rings is 1. The molecule has 0 fully saturated rings. The summed E-state index contributed by atoms with van der Waals surface area (Å²) < 4.78 is 1.92. The van der Waals surface area contributed by atoms with Crippen LogP contribution < -0.4 is 4.80 Å². The zero-order valence-electron chi connectivity index (χ0n) is 9.12. The Labute approximate surface area is 103 Å². The molecule has 0 saturated carbocycles. The fourth-order valence-electron chi connectivity index (χ4n) is 1.71. The molecule has 1 N–H and O–H groups in total. The van der Waals surface area contributed by atoms with Crippen LogP contribution in [-0.2, 0) is 6.42 Å². The summed E-state index contributed by atoms with van der Waals surface area (Å²) in [5.41, 5.74) is 2.06. The van der Waals surface area contributed by atoms with Crippen LogP contribution in [0, 0.1) is 12.3 Å². The second kappa shape index (κ2) is 4.39. The number of thiazole rings is 1. The number of halogens is 1. The third-order valence-electron chi connectivity index (χ3n) is 2.43. The molecule has 16 heavy (non-hydrogen) atoms. The van der Waals surface area contributed by atoms with Gasteiger partial charge in [0, 0.05) is 10.6 Å². The third kappa shape index (κ3) is 1.90. The van der Waals surface area contributed by atoms with Crippen LogP contribution in [0.2, 0.25) is 5.15 Å². The fraction of sp³-hybridized carbons (Fsp3) is 0.273. The van der Waals surface area contributed by atoms with E-state index in [1.54, 1.807) is 12.3 Å². The molecule has 0 atom stereocenters. The highest BCUT2D eigenvalue weighted by Gasteiger charge is 2.09. The van der Waals surface area contributed by atoms with Gasteiger partial charge in [-0.3, -0.25) is 9.98 Å². The molecular weight excluding hydrogens is 242 g/mol. The van der Waals surface area contributed by atoms with E-state index in [-0.39, 0.29) is 0 Å². The summed E-state index contributed by atoms with van der Waals surface area (Å²) in [6.07, 6.45) is 2.61. The molecule has 0 aliphatic heterocycles. The Bertz CT molecular complexity index is 554. The minimum Gasteiger partial charge on any atom is -0.288 e. The monoisotopic (exact) mass is 253 g/mol. The molecule has 0 aromatic carbocycles. The van der Waals surface area contributed by atoms with E-state index >= 15 is 0 Å². The van der Waals surface area contributed by atoms with Gasteiger partial charge in [-0.15, -0.1) is 11.3 Å². The minimum atomic E-state index is 0.473. The van der Waals surface area contributed by atoms with E-state index in [1.165, 1.54) is 21.9 Å². The van der Waals surface area contributed by atoms with Crippen molar-refractivity contribution in [2.45, 2.75) is 20.3 Å². The van der Waals surface area contributed by atoms with E-state index in [0.717, 1.165) is 12.1 Å². The van der Waals surface area contributed by atoms with Crippen LogP contribution in [-0.4, -0.2) is 9.55 Å². The quantitative estimate of drug-likeness (QED) is 0.822. The summed E-state index contributed by atoms with van der Waals surface area (Å²) >= 11 is 7.24. The van der Waals surface area contributed by atoms with E-state index in [4.69, 9.17) is 17.0 Å². The zero-order valence-corrected chi connectivity index (χ0v) is 10.7. The molecule has 0 aliphatic carbocycles. The third-order valence-corrected chi connectivity index (χ3v) is 3.58. The lowest BCUT2D eigenvalue weighted by Crippen LogP contribution is -2.13. The van der Waals surface area contributed by atoms with Gasteiger partial charge in [-0.25, -0.2) is 4.98 Å². The topological polar surface area (TPSA) is 41.7 Å². The van der Waals surface area contributed by atoms with Gasteiger partial charge in [0.25, 0.3) is 0 Å². The summed E-state index contributed by atoms with van der Waals surface area (Å²) in [5.74, 6) is 0. The Balaban J connectivity index is 2.63. The molecular formula is C11H12ClN3S. The lowest BCUT2D eigenvalue weighted by atomic mass is 10.3. The zero-order chi connectivity index (χ0) is 11.7. The van der Waals surface area contributed by atoms with Crippen molar-refractivity contribution >= 4 is 22.9 Å². The molecule has 84 valence electrons. The van der Waals surface area contributed by atoms with E-state index < -0.39 is 0 Å². The average molecular weight is 254 g/mol. The SMILES string of the molecule is CCc1c(C)sc(=N)n1-c1ccc(Cl)nc1. The second-order valence-electron chi connectivity index (χ2n) is 3.44. The second-order valence-corrected chi connectivity index (χ2v) is 5.03. The summed E-state index contributed by atoms with van der Waals surface area (Å²) in [6.45, 7) is 4.13. The van der Waals surface area contributed by atoms with Gasteiger partial charge in [0.15, 0.2) is 4.80 Å². The van der Waals surface area contributed by atoms with E-state index in [9.17, 15) is 0 Å². The first kappa shape index (κ1) is 11.4. The van der Waals surface area contributed by atoms with Crippen molar-refractivity contribution in [3.05, 3.63) is 38.9 Å². The van der Waals surface area contributed by atoms with Crippen molar-refractivity contribution in [3.8, 4) is 5.69 Å². The smallest absolute Gasteiger partial charge is 0.187 e. The van der Waals surface area contributed by atoms with E-state index in [2.05, 4.69) is 11.9 Å². The van der Waals surface area contributed by atoms with Crippen LogP contribution in [0.4, 0.5) is 0 Å². The predicted octanol–water partition coefficient (Wildman–Crippen LogP) is 2.94. The number of nitrogens with one attached hydrogen (secondary N) is 1. The molecule has 5 heteroatoms. The van der Waals surface area contributed by atoms with Gasteiger partial charge in [-0.05, 0) is 25.5 Å². The van der Waals surface area contributed by atoms with Crippen molar-refractivity contribution in [2.75, 3.05) is 0 Å². The van der Waals surface area contributed by atoms with Crippen LogP contribution in [0.1, 0.15) is 17.5 Å². The van der Waals surface area contributed by atoms with Gasteiger partial charge in [-0.2, -0.15) is 0 Å². The van der Waals surface area contributed by atoms with Crippen molar-refractivity contribution < 1.29 is 0 Å². The predicted molar refractivity (Wildman–Crippen MR) is 66.4 cm³/mol. The molecule has 0 saturated heterocycles. The summed E-state index contributed by atoms with van der Waals surface area (Å²) in [6, 6.07) is 3.63. The first-order chi connectivity index (χ1) is 7.63. The lowest BCUT2D eigenvalue weighted by molar-refractivity contribution is 0.870. The van der Waals surface area contributed by atoms with Crippen LogP contribution >= 0.6 is 22.9 Å². The molecule has 0 radical (unpaired) electrons. The molecule has 0 aliphatic rings. The normalized spacial score (nSPS) is 10.7. The highest BCUT2D eigenvalue weighted by atomic mass is 35.5. The fourth-order valence-corrected chi connectivity index (χ4v) is 2.77. The van der Waals surface area contributed by atoms with Gasteiger partial charge in [0.1, 0.15) is 5.15 Å². The number of hydrogen-bond donors (Lipinski definition) is 1. The Kier molecular flexibility index (Phi) is 3.12. The van der Waals surface area contributed by atoms with Crippen molar-refractivity contribution in [3.63, 3.8) is 0 Å². The van der Waals surface area contributed by atoms with Crippen LogP contribution in [0.3, 0.4) is 0 Å². The van der Waals surface area contributed by atoms with Crippen LogP contribution in [0.5, 0.6) is 0 Å². The number of aromatic nitrogens is 2. The average Bonchev–Trinajstić information content (AvgIpc) is 2.54. The molecule has 2 aromatic rings. The highest BCUT2D eigenvalue weighted by Crippen LogP contribution is 2.17. The first-order valence-electron chi connectivity index (χ1n) is 5.01. The maximum Gasteiger partial charge on any atom is 0.187 e. The minimum absolute atomic E-state index is 0.473. The van der Waals surface area contributed by atoms with Crippen LogP contribution in [0.15, 0.2) is 18.3 Å². The summed E-state index contributed by atoms with van der Waals surface area (Å²) in [5, 5.41) is 8.42. The Morgan fingerprint density at radius 3 is 2.81 bits per heavy atom. The number of aryl methyl sites for hydroxylation is 1. The first-order valence-corrected chi connectivity index (χ1v) is 6.20. The Morgan fingerprint density at radius 1 is 1.50 bits per heavy atom. The summed E-state index contributed by atoms with van der Waals surface area (Å²) in [7, 11) is 0. The Morgan fingerprint density at radius 2 is 2.25 bits per heavy atom. The highest BCUT2D eigenvalue weighted by molar-refractivity contribution is 7.09. The lowest BCUT2D eigenvalue weighted by Gasteiger charge is -2.07. The van der Waals surface area contributed by atoms with Gasteiger partial charge in [0.2, 0.25) is 0 Å². The molecule has 0 amide bonds. The van der Waals surface area contributed by atoms with Gasteiger partial charge < -0.3 is 0 Å². The van der Waals surface area contributed by atoms with E-state index in [1.807, 2.05) is 17.6 Å². The molecule has 0 bridgehead atoms. The maximum atomic E-state index is 7.95. The molecule has 2 heterocycles. The molecule has 2 rings (SSSR count). The maximum absolute atomic E-state index is 7.95. The number of rotatable bonds is 2. The van der Waals surface area contributed by atoms with Crippen LogP contribution in [0.25, 0.3) is 5.69 Å². The van der Waals surface area contributed by atoms with Gasteiger partial charge >= 0.3 is 0 Å². The van der Waals surface area contributed by atoms with Crippen molar-refractivity contribution in [2.24, 2.45) is 0 Å². The molecule has 3 nitrogen and oxygen atoms in total. The van der Waals surface area contributed by atoms with E-state index in [0.29, 0.717) is 9.95 Å². The number of hydrogen-bond acceptors (Lipinski definition) is 3. The Hall–Kier alpha value is -1.13. The van der Waals surface area contributed by atoms with Crippen molar-refractivity contribution in [1.29, 1.82) is 5.41 Å². The standard InChI is InChI=1S/C11H12ClN3S/c1-3-9-7(2)16-11(13)15(9)8-4-5-10(12)14-6-8/h4-6,13H,3H2,1-2H3.